The molecule has 0 bridgehead atoms. The molecule has 2 heterocycles. The van der Waals surface area contributed by atoms with E-state index in [4.69, 9.17) is 9.47 Å². The second kappa shape index (κ2) is 10.0. The number of benzene rings is 1. The number of sulfonamides is 1. The van der Waals surface area contributed by atoms with Crippen molar-refractivity contribution < 1.29 is 27.5 Å². The number of amides is 2. The Balaban J connectivity index is 1.53. The zero-order chi connectivity index (χ0) is 21.6. The van der Waals surface area contributed by atoms with Crippen molar-refractivity contribution in [3.05, 3.63) is 47.3 Å². The van der Waals surface area contributed by atoms with Crippen molar-refractivity contribution in [3.63, 3.8) is 0 Å². The van der Waals surface area contributed by atoms with Crippen molar-refractivity contribution in [1.82, 2.24) is 14.9 Å². The first-order valence-corrected chi connectivity index (χ1v) is 11.6. The zero-order valence-corrected chi connectivity index (χ0v) is 18.0. The molecule has 0 radical (unpaired) electrons. The van der Waals surface area contributed by atoms with Crippen LogP contribution in [0.1, 0.15) is 12.0 Å². The largest absolute Gasteiger partial charge is 0.497 e. The van der Waals surface area contributed by atoms with Crippen LogP contribution in [0.15, 0.2) is 46.0 Å². The van der Waals surface area contributed by atoms with Crippen molar-refractivity contribution in [2.24, 2.45) is 0 Å². The van der Waals surface area contributed by atoms with E-state index in [0.29, 0.717) is 18.8 Å². The van der Waals surface area contributed by atoms with Crippen LogP contribution in [0.4, 0.5) is 0 Å². The highest BCUT2D eigenvalue weighted by molar-refractivity contribution is 7.91. The molecule has 9 nitrogen and oxygen atoms in total. The van der Waals surface area contributed by atoms with Gasteiger partial charge < -0.3 is 20.1 Å². The normalized spacial score (nSPS) is 17.3. The van der Waals surface area contributed by atoms with E-state index in [1.54, 1.807) is 42.8 Å². The van der Waals surface area contributed by atoms with Gasteiger partial charge >= 0.3 is 11.8 Å². The minimum Gasteiger partial charge on any atom is -0.497 e. The maximum absolute atomic E-state index is 12.8. The molecule has 3 rings (SSSR count). The molecule has 1 fully saturated rings. The van der Waals surface area contributed by atoms with Crippen LogP contribution in [0.2, 0.25) is 0 Å². The number of carbonyl (C=O) groups excluding carboxylic acids is 2. The van der Waals surface area contributed by atoms with E-state index < -0.39 is 28.1 Å². The van der Waals surface area contributed by atoms with Gasteiger partial charge in [-0.3, -0.25) is 9.59 Å². The minimum absolute atomic E-state index is 0.126. The fraction of sp³-hybridized carbons (Fsp3) is 0.368. The zero-order valence-electron chi connectivity index (χ0n) is 16.4. The third-order valence-electron chi connectivity index (χ3n) is 4.47. The van der Waals surface area contributed by atoms with E-state index in [1.807, 2.05) is 0 Å². The van der Waals surface area contributed by atoms with Crippen LogP contribution in [-0.2, 0) is 30.9 Å². The first-order valence-electron chi connectivity index (χ1n) is 9.27. The first kappa shape index (κ1) is 22.2. The maximum atomic E-state index is 12.8. The number of ether oxygens (including phenoxy) is 2. The summed E-state index contributed by atoms with van der Waals surface area (Å²) >= 11 is 1.12. The number of rotatable bonds is 7. The Labute approximate surface area is 179 Å². The third kappa shape index (κ3) is 5.36. The summed E-state index contributed by atoms with van der Waals surface area (Å²) in [5.41, 5.74) is 0.806. The summed E-state index contributed by atoms with van der Waals surface area (Å²) in [6.07, 6.45) is -0.318. The average molecular weight is 454 g/mol. The molecule has 1 aromatic carbocycles. The fourth-order valence-corrected chi connectivity index (χ4v) is 5.58. The highest BCUT2D eigenvalue weighted by Gasteiger charge is 2.35. The predicted molar refractivity (Wildman–Crippen MR) is 110 cm³/mol. The number of hydrogen-bond acceptors (Lipinski definition) is 7. The smallest absolute Gasteiger partial charge is 0.309 e. The Morgan fingerprint density at radius 1 is 1.20 bits per heavy atom. The van der Waals surface area contributed by atoms with Crippen molar-refractivity contribution in [1.29, 1.82) is 0 Å². The number of nitrogens with one attached hydrogen (secondary N) is 2. The quantitative estimate of drug-likeness (QED) is 0.603. The van der Waals surface area contributed by atoms with Crippen LogP contribution >= 0.6 is 11.3 Å². The molecule has 0 aliphatic carbocycles. The molecule has 1 aliphatic heterocycles. The monoisotopic (exact) mass is 453 g/mol. The standard InChI is InChI=1S/C19H23N3O6S2/c1-27-15-7-5-14(6-8-15)12-20-18(23)19(24)21-13-16-22(9-3-10-28-16)30(25,26)17-4-2-11-29-17/h2,4-8,11,16H,3,9-10,12-13H2,1H3,(H,20,23)(H,21,24)/t16-/m1/s1. The molecule has 2 amide bonds. The van der Waals surface area contributed by atoms with Crippen LogP contribution in [-0.4, -0.2) is 57.6 Å². The van der Waals surface area contributed by atoms with Gasteiger partial charge in [-0.2, -0.15) is 4.31 Å². The van der Waals surface area contributed by atoms with E-state index in [0.717, 1.165) is 16.9 Å². The molecule has 2 N–H and O–H groups in total. The number of methoxy groups -OCH3 is 1. The lowest BCUT2D eigenvalue weighted by atomic mass is 10.2. The number of thiophene rings is 1. The average Bonchev–Trinajstić information content (AvgIpc) is 3.32. The summed E-state index contributed by atoms with van der Waals surface area (Å²) in [6.45, 7) is 0.708. The third-order valence-corrected chi connectivity index (χ3v) is 7.73. The molecule has 1 aromatic heterocycles. The van der Waals surface area contributed by atoms with E-state index in [-0.39, 0.29) is 23.8 Å². The van der Waals surface area contributed by atoms with Gasteiger partial charge in [0.15, 0.2) is 0 Å². The molecule has 1 saturated heterocycles. The summed E-state index contributed by atoms with van der Waals surface area (Å²) in [5, 5.41) is 6.66. The molecule has 1 aliphatic rings. The van der Waals surface area contributed by atoms with Gasteiger partial charge in [0.1, 0.15) is 16.2 Å². The second-order valence-electron chi connectivity index (χ2n) is 6.47. The van der Waals surface area contributed by atoms with Gasteiger partial charge in [-0.1, -0.05) is 18.2 Å². The summed E-state index contributed by atoms with van der Waals surface area (Å²) < 4.78 is 37.6. The number of carbonyl (C=O) groups is 2. The molecule has 0 saturated carbocycles. The van der Waals surface area contributed by atoms with Crippen molar-refractivity contribution in [3.8, 4) is 5.75 Å². The molecular formula is C19H23N3O6S2. The van der Waals surface area contributed by atoms with Gasteiger partial charge in [-0.25, -0.2) is 8.42 Å². The summed E-state index contributed by atoms with van der Waals surface area (Å²) in [4.78, 5) is 24.2. The topological polar surface area (TPSA) is 114 Å². The van der Waals surface area contributed by atoms with Crippen LogP contribution < -0.4 is 15.4 Å². The Morgan fingerprint density at radius 3 is 2.60 bits per heavy atom. The van der Waals surface area contributed by atoms with E-state index in [1.165, 1.54) is 10.4 Å². The molecule has 11 heteroatoms. The van der Waals surface area contributed by atoms with E-state index >= 15 is 0 Å². The lowest BCUT2D eigenvalue weighted by molar-refractivity contribution is -0.140. The highest BCUT2D eigenvalue weighted by atomic mass is 32.2. The summed E-state index contributed by atoms with van der Waals surface area (Å²) in [6, 6.07) is 10.2. The number of hydrogen-bond donors (Lipinski definition) is 2. The fourth-order valence-electron chi connectivity index (χ4n) is 2.89. The predicted octanol–water partition coefficient (Wildman–Crippen LogP) is 0.926. The maximum Gasteiger partial charge on any atom is 0.309 e. The lowest BCUT2D eigenvalue weighted by Gasteiger charge is -2.34. The van der Waals surface area contributed by atoms with Crippen LogP contribution in [0, 0.1) is 0 Å². The Bertz CT molecular complexity index is 961. The van der Waals surface area contributed by atoms with Crippen molar-refractivity contribution in [2.75, 3.05) is 26.8 Å². The molecule has 2 aromatic rings. The van der Waals surface area contributed by atoms with Gasteiger partial charge in [0, 0.05) is 13.1 Å². The Morgan fingerprint density at radius 2 is 1.93 bits per heavy atom. The van der Waals surface area contributed by atoms with Gasteiger partial charge in [-0.15, -0.1) is 11.3 Å². The highest BCUT2D eigenvalue weighted by Crippen LogP contribution is 2.25. The van der Waals surface area contributed by atoms with E-state index in [2.05, 4.69) is 10.6 Å². The Hall–Kier alpha value is -2.47. The van der Waals surface area contributed by atoms with E-state index in [9.17, 15) is 18.0 Å². The van der Waals surface area contributed by atoms with Gasteiger partial charge in [0.2, 0.25) is 0 Å². The Kier molecular flexibility index (Phi) is 7.43. The first-order chi connectivity index (χ1) is 14.4. The SMILES string of the molecule is COc1ccc(CNC(=O)C(=O)NC[C@H]2OCCCN2S(=O)(=O)c2cccs2)cc1. The van der Waals surface area contributed by atoms with Crippen molar-refractivity contribution >= 4 is 33.2 Å². The molecule has 30 heavy (non-hydrogen) atoms. The van der Waals surface area contributed by atoms with Crippen LogP contribution in [0.25, 0.3) is 0 Å². The summed E-state index contributed by atoms with van der Waals surface area (Å²) in [7, 11) is -2.16. The second-order valence-corrected chi connectivity index (χ2v) is 9.53. The molecule has 0 unspecified atom stereocenters. The van der Waals surface area contributed by atoms with Gasteiger partial charge in [-0.05, 0) is 35.6 Å². The van der Waals surface area contributed by atoms with Crippen LogP contribution in [0.5, 0.6) is 5.75 Å². The van der Waals surface area contributed by atoms with Gasteiger partial charge in [0.05, 0.1) is 20.3 Å². The summed E-state index contributed by atoms with van der Waals surface area (Å²) in [5.74, 6) is -0.974. The number of nitrogens with zero attached hydrogens (tertiary/aromatic N) is 1. The van der Waals surface area contributed by atoms with Crippen molar-refractivity contribution in [2.45, 2.75) is 23.4 Å². The minimum atomic E-state index is -3.72. The molecule has 0 spiro atoms. The van der Waals surface area contributed by atoms with Crippen LogP contribution in [0.3, 0.4) is 0 Å². The molecular weight excluding hydrogens is 430 g/mol. The lowest BCUT2D eigenvalue weighted by Crippen LogP contribution is -2.52. The van der Waals surface area contributed by atoms with Gasteiger partial charge in [0.25, 0.3) is 10.0 Å². The molecule has 162 valence electrons. The molecule has 1 atom stereocenters.